The number of anilines is 2. The first-order chi connectivity index (χ1) is 8.56. The van der Waals surface area contributed by atoms with Crippen LogP contribution in [0, 0.1) is 0 Å². The van der Waals surface area contributed by atoms with Crippen LogP contribution in [0.2, 0.25) is 5.02 Å². The maximum Gasteiger partial charge on any atom is 0.221 e. The van der Waals surface area contributed by atoms with Crippen LogP contribution in [0.4, 0.5) is 11.4 Å². The number of benzene rings is 1. The fraction of sp³-hybridized carbons (Fsp3) is 0.462. The highest BCUT2D eigenvalue weighted by Crippen LogP contribution is 2.26. The molecule has 2 N–H and O–H groups in total. The van der Waals surface area contributed by atoms with Gasteiger partial charge in [0, 0.05) is 25.8 Å². The number of rotatable bonds is 6. The van der Waals surface area contributed by atoms with E-state index in [0.29, 0.717) is 17.3 Å². The molecule has 0 aliphatic rings. The van der Waals surface area contributed by atoms with Gasteiger partial charge in [-0.3, -0.25) is 4.79 Å². The molecule has 18 heavy (non-hydrogen) atoms. The van der Waals surface area contributed by atoms with Gasteiger partial charge in [-0.2, -0.15) is 0 Å². The molecule has 0 radical (unpaired) electrons. The summed E-state index contributed by atoms with van der Waals surface area (Å²) in [6, 6.07) is 5.71. The van der Waals surface area contributed by atoms with Crippen molar-refractivity contribution in [2.45, 2.75) is 26.3 Å². The summed E-state index contributed by atoms with van der Waals surface area (Å²) in [6.07, 6.45) is 0.957. The van der Waals surface area contributed by atoms with Crippen molar-refractivity contribution in [2.75, 3.05) is 24.4 Å². The number of amides is 1. The summed E-state index contributed by atoms with van der Waals surface area (Å²) in [4.78, 5) is 11.0. The summed E-state index contributed by atoms with van der Waals surface area (Å²) in [5.74, 6) is -0.136. The van der Waals surface area contributed by atoms with Gasteiger partial charge in [0.15, 0.2) is 0 Å². The first-order valence-electron chi connectivity index (χ1n) is 5.89. The molecule has 0 saturated carbocycles. The van der Waals surface area contributed by atoms with Gasteiger partial charge in [0.1, 0.15) is 0 Å². The minimum Gasteiger partial charge on any atom is -0.383 e. The van der Waals surface area contributed by atoms with Crippen molar-refractivity contribution in [1.82, 2.24) is 0 Å². The Morgan fingerprint density at radius 2 is 2.22 bits per heavy atom. The van der Waals surface area contributed by atoms with Gasteiger partial charge >= 0.3 is 0 Å². The monoisotopic (exact) mass is 270 g/mol. The van der Waals surface area contributed by atoms with Gasteiger partial charge in [0.05, 0.1) is 17.3 Å². The number of carbonyl (C=O) groups excluding carboxylic acids is 1. The standard InChI is InChI=1S/C13H19ClN2O2/c1-4-10(8-18-3)16-11-5-6-13(12(14)7-11)15-9(2)17/h5-7,10,16H,4,8H2,1-3H3,(H,15,17). The normalized spacial score (nSPS) is 12.0. The molecule has 5 heteroatoms. The Hall–Kier alpha value is -1.26. The molecule has 1 rings (SSSR count). The van der Waals surface area contributed by atoms with Crippen LogP contribution in [0.15, 0.2) is 18.2 Å². The molecule has 1 unspecified atom stereocenters. The van der Waals surface area contributed by atoms with Gasteiger partial charge in [-0.05, 0) is 24.6 Å². The van der Waals surface area contributed by atoms with Gasteiger partial charge in [-0.1, -0.05) is 18.5 Å². The van der Waals surface area contributed by atoms with Crippen molar-refractivity contribution in [2.24, 2.45) is 0 Å². The maximum absolute atomic E-state index is 11.0. The van der Waals surface area contributed by atoms with E-state index in [9.17, 15) is 4.79 Å². The first kappa shape index (κ1) is 14.8. The molecule has 0 aliphatic heterocycles. The van der Waals surface area contributed by atoms with E-state index >= 15 is 0 Å². The van der Waals surface area contributed by atoms with Crippen LogP contribution in [-0.2, 0) is 9.53 Å². The molecule has 0 fully saturated rings. The van der Waals surface area contributed by atoms with Gasteiger partial charge in [0.25, 0.3) is 0 Å². The summed E-state index contributed by atoms with van der Waals surface area (Å²) in [5, 5.41) is 6.51. The average molecular weight is 271 g/mol. The molecular weight excluding hydrogens is 252 g/mol. The SMILES string of the molecule is CCC(COC)Nc1ccc(NC(C)=O)c(Cl)c1. The van der Waals surface area contributed by atoms with Crippen molar-refractivity contribution < 1.29 is 9.53 Å². The molecule has 1 aromatic rings. The number of nitrogens with one attached hydrogen (secondary N) is 2. The van der Waals surface area contributed by atoms with E-state index in [4.69, 9.17) is 16.3 Å². The van der Waals surface area contributed by atoms with Crippen LogP contribution in [0.3, 0.4) is 0 Å². The largest absolute Gasteiger partial charge is 0.383 e. The summed E-state index contributed by atoms with van der Waals surface area (Å²) >= 11 is 6.09. The van der Waals surface area contributed by atoms with Crippen molar-refractivity contribution in [3.8, 4) is 0 Å². The van der Waals surface area contributed by atoms with Crippen LogP contribution in [-0.4, -0.2) is 25.7 Å². The predicted octanol–water partition coefficient (Wildman–Crippen LogP) is 3.14. The average Bonchev–Trinajstić information content (AvgIpc) is 2.31. The molecule has 0 heterocycles. The summed E-state index contributed by atoms with van der Waals surface area (Å²) in [5.41, 5.74) is 1.53. The molecule has 0 spiro atoms. The van der Waals surface area contributed by atoms with E-state index in [1.165, 1.54) is 6.92 Å². The third kappa shape index (κ3) is 4.55. The zero-order chi connectivity index (χ0) is 13.5. The maximum atomic E-state index is 11.0. The van der Waals surface area contributed by atoms with Crippen molar-refractivity contribution in [3.05, 3.63) is 23.2 Å². The molecule has 100 valence electrons. The summed E-state index contributed by atoms with van der Waals surface area (Å²) < 4.78 is 5.12. The third-order valence-corrected chi connectivity index (χ3v) is 2.82. The number of hydrogen-bond acceptors (Lipinski definition) is 3. The molecule has 1 aromatic carbocycles. The van der Waals surface area contributed by atoms with E-state index in [2.05, 4.69) is 17.6 Å². The van der Waals surface area contributed by atoms with E-state index in [0.717, 1.165) is 12.1 Å². The van der Waals surface area contributed by atoms with E-state index in [-0.39, 0.29) is 11.9 Å². The van der Waals surface area contributed by atoms with Gasteiger partial charge in [-0.25, -0.2) is 0 Å². The fourth-order valence-electron chi connectivity index (χ4n) is 1.59. The zero-order valence-corrected chi connectivity index (χ0v) is 11.7. The van der Waals surface area contributed by atoms with Crippen LogP contribution in [0.25, 0.3) is 0 Å². The van der Waals surface area contributed by atoms with Crippen molar-refractivity contribution >= 4 is 28.9 Å². The van der Waals surface area contributed by atoms with Gasteiger partial charge in [-0.15, -0.1) is 0 Å². The highest BCUT2D eigenvalue weighted by atomic mass is 35.5. The van der Waals surface area contributed by atoms with Crippen LogP contribution < -0.4 is 10.6 Å². The minimum atomic E-state index is -0.136. The Balaban J connectivity index is 2.74. The van der Waals surface area contributed by atoms with E-state index in [1.807, 2.05) is 6.07 Å². The van der Waals surface area contributed by atoms with Crippen LogP contribution in [0.5, 0.6) is 0 Å². The molecule has 1 atom stereocenters. The lowest BCUT2D eigenvalue weighted by Gasteiger charge is -2.18. The third-order valence-electron chi connectivity index (χ3n) is 2.51. The van der Waals surface area contributed by atoms with Crippen molar-refractivity contribution in [1.29, 1.82) is 0 Å². The van der Waals surface area contributed by atoms with E-state index < -0.39 is 0 Å². The molecule has 4 nitrogen and oxygen atoms in total. The Labute approximate surface area is 113 Å². The second-order valence-electron chi connectivity index (χ2n) is 4.08. The summed E-state index contributed by atoms with van der Waals surface area (Å²) in [7, 11) is 1.68. The minimum absolute atomic E-state index is 0.136. The lowest BCUT2D eigenvalue weighted by atomic mass is 10.2. The Morgan fingerprint density at radius 1 is 1.50 bits per heavy atom. The predicted molar refractivity (Wildman–Crippen MR) is 75.3 cm³/mol. The molecular formula is C13H19ClN2O2. The highest BCUT2D eigenvalue weighted by Gasteiger charge is 2.08. The van der Waals surface area contributed by atoms with Crippen LogP contribution in [0.1, 0.15) is 20.3 Å². The Kier molecular flexibility index (Phi) is 5.95. The number of ether oxygens (including phenoxy) is 1. The van der Waals surface area contributed by atoms with E-state index in [1.54, 1.807) is 19.2 Å². The number of halogens is 1. The quantitative estimate of drug-likeness (QED) is 0.835. The molecule has 0 bridgehead atoms. The number of carbonyl (C=O) groups is 1. The second kappa shape index (κ2) is 7.24. The Morgan fingerprint density at radius 3 is 2.72 bits per heavy atom. The molecule has 1 amide bonds. The smallest absolute Gasteiger partial charge is 0.221 e. The topological polar surface area (TPSA) is 50.4 Å². The Bertz CT molecular complexity index is 410. The lowest BCUT2D eigenvalue weighted by Crippen LogP contribution is -2.23. The second-order valence-corrected chi connectivity index (χ2v) is 4.49. The van der Waals surface area contributed by atoms with Crippen molar-refractivity contribution in [3.63, 3.8) is 0 Å². The fourth-order valence-corrected chi connectivity index (χ4v) is 1.82. The number of hydrogen-bond donors (Lipinski definition) is 2. The van der Waals surface area contributed by atoms with Crippen LogP contribution >= 0.6 is 11.6 Å². The molecule has 0 aliphatic carbocycles. The van der Waals surface area contributed by atoms with Gasteiger partial charge < -0.3 is 15.4 Å². The number of methoxy groups -OCH3 is 1. The molecule has 0 aromatic heterocycles. The first-order valence-corrected chi connectivity index (χ1v) is 6.27. The lowest BCUT2D eigenvalue weighted by molar-refractivity contribution is -0.114. The highest BCUT2D eigenvalue weighted by molar-refractivity contribution is 6.34. The molecule has 0 saturated heterocycles. The summed E-state index contributed by atoms with van der Waals surface area (Å²) in [6.45, 7) is 4.18. The van der Waals surface area contributed by atoms with Gasteiger partial charge in [0.2, 0.25) is 5.91 Å². The zero-order valence-electron chi connectivity index (χ0n) is 10.9.